The summed E-state index contributed by atoms with van der Waals surface area (Å²) in [6.45, 7) is 0. The van der Waals surface area contributed by atoms with E-state index >= 15 is 0 Å². The fourth-order valence-electron chi connectivity index (χ4n) is 7.88. The average molecular weight is 661 g/mol. The molecule has 0 saturated carbocycles. The number of aromatic nitrogens is 2. The molecule has 0 spiro atoms. The Morgan fingerprint density at radius 1 is 0.269 bits per heavy atom. The molecule has 0 aliphatic heterocycles. The number of benzene rings is 9. The molecular weight excluding hydrogens is 629 g/mol. The van der Waals surface area contributed by atoms with E-state index in [0.29, 0.717) is 5.82 Å². The van der Waals surface area contributed by atoms with Crippen molar-refractivity contribution in [1.82, 2.24) is 9.97 Å². The van der Waals surface area contributed by atoms with E-state index in [2.05, 4.69) is 188 Å². The summed E-state index contributed by atoms with van der Waals surface area (Å²) in [4.78, 5) is 10.6. The van der Waals surface area contributed by atoms with Crippen LogP contribution in [0.4, 0.5) is 0 Å². The summed E-state index contributed by atoms with van der Waals surface area (Å²) in [5, 5.41) is 9.84. The lowest BCUT2D eigenvalue weighted by atomic mass is 9.87. The molecule has 0 unspecified atom stereocenters. The van der Waals surface area contributed by atoms with Gasteiger partial charge in [-0.25, -0.2) is 9.97 Å². The van der Waals surface area contributed by atoms with Crippen molar-refractivity contribution in [3.8, 4) is 56.2 Å². The monoisotopic (exact) mass is 660 g/mol. The molecule has 0 fully saturated rings. The molecule has 0 aliphatic rings. The molecule has 0 radical (unpaired) electrons. The molecule has 0 saturated heterocycles. The van der Waals surface area contributed by atoms with Crippen LogP contribution in [0.3, 0.4) is 0 Å². The Balaban J connectivity index is 1.25. The van der Waals surface area contributed by atoms with Crippen molar-refractivity contribution in [2.75, 3.05) is 0 Å². The highest BCUT2D eigenvalue weighted by Gasteiger charge is 2.19. The molecule has 10 rings (SSSR count). The van der Waals surface area contributed by atoms with Crippen LogP contribution in [0.1, 0.15) is 0 Å². The zero-order chi connectivity index (χ0) is 34.4. The van der Waals surface area contributed by atoms with E-state index in [1.807, 2.05) is 6.07 Å². The molecular formula is C50H32N2. The van der Waals surface area contributed by atoms with Crippen LogP contribution in [0.25, 0.3) is 99.2 Å². The fourth-order valence-corrected chi connectivity index (χ4v) is 7.88. The van der Waals surface area contributed by atoms with Crippen molar-refractivity contribution in [3.63, 3.8) is 0 Å². The molecule has 0 atom stereocenters. The molecule has 1 aromatic heterocycles. The Bertz CT molecular complexity index is 2960. The van der Waals surface area contributed by atoms with Crippen LogP contribution in [0.2, 0.25) is 0 Å². The molecule has 0 aliphatic carbocycles. The second-order valence-corrected chi connectivity index (χ2v) is 13.3. The van der Waals surface area contributed by atoms with E-state index in [-0.39, 0.29) is 0 Å². The van der Waals surface area contributed by atoms with Crippen molar-refractivity contribution >= 4 is 43.1 Å². The largest absolute Gasteiger partial charge is 0.228 e. The zero-order valence-corrected chi connectivity index (χ0v) is 28.4. The third-order valence-electron chi connectivity index (χ3n) is 10.3. The molecule has 0 amide bonds. The number of hydrogen-bond acceptors (Lipinski definition) is 2. The summed E-state index contributed by atoms with van der Waals surface area (Å²) in [5.74, 6) is 0.699. The van der Waals surface area contributed by atoms with Gasteiger partial charge in [-0.3, -0.25) is 0 Å². The molecule has 10 aromatic rings. The SMILES string of the molecule is c1ccc(-c2nc(-c3ccccc3-c3cccc4ccccc34)cc(-c3ccccc3-c3c4ccccc4cc4c3ccc3ccccc34)n2)cc1. The molecule has 1 heterocycles. The highest BCUT2D eigenvalue weighted by Crippen LogP contribution is 2.44. The number of hydrogen-bond donors (Lipinski definition) is 0. The first kappa shape index (κ1) is 30.0. The normalized spacial score (nSPS) is 11.5. The Morgan fingerprint density at radius 2 is 0.788 bits per heavy atom. The summed E-state index contributed by atoms with van der Waals surface area (Å²) in [6, 6.07) is 69.3. The molecule has 2 nitrogen and oxygen atoms in total. The minimum Gasteiger partial charge on any atom is -0.228 e. The van der Waals surface area contributed by atoms with Gasteiger partial charge in [0.2, 0.25) is 0 Å². The number of rotatable bonds is 5. The first-order valence-electron chi connectivity index (χ1n) is 17.8. The van der Waals surface area contributed by atoms with Crippen molar-refractivity contribution in [1.29, 1.82) is 0 Å². The van der Waals surface area contributed by atoms with Crippen LogP contribution >= 0.6 is 0 Å². The molecule has 2 heteroatoms. The maximum absolute atomic E-state index is 5.34. The minimum atomic E-state index is 0.699. The Hall–Kier alpha value is -6.90. The van der Waals surface area contributed by atoms with Gasteiger partial charge in [0.25, 0.3) is 0 Å². The highest BCUT2D eigenvalue weighted by molar-refractivity contribution is 6.21. The van der Waals surface area contributed by atoms with Crippen LogP contribution in [-0.4, -0.2) is 9.97 Å². The van der Waals surface area contributed by atoms with Crippen LogP contribution < -0.4 is 0 Å². The third-order valence-corrected chi connectivity index (χ3v) is 10.3. The maximum atomic E-state index is 5.34. The summed E-state index contributed by atoms with van der Waals surface area (Å²) >= 11 is 0. The van der Waals surface area contributed by atoms with E-state index in [1.54, 1.807) is 0 Å². The Kier molecular flexibility index (Phi) is 7.18. The van der Waals surface area contributed by atoms with Gasteiger partial charge in [-0.15, -0.1) is 0 Å². The topological polar surface area (TPSA) is 25.8 Å². The van der Waals surface area contributed by atoms with Crippen LogP contribution in [0, 0.1) is 0 Å². The summed E-state index contributed by atoms with van der Waals surface area (Å²) in [7, 11) is 0. The summed E-state index contributed by atoms with van der Waals surface area (Å²) in [6.07, 6.45) is 0. The van der Waals surface area contributed by atoms with E-state index in [1.165, 1.54) is 54.2 Å². The summed E-state index contributed by atoms with van der Waals surface area (Å²) in [5.41, 5.74) is 9.57. The van der Waals surface area contributed by atoms with E-state index < -0.39 is 0 Å². The second kappa shape index (κ2) is 12.5. The predicted octanol–water partition coefficient (Wildman–Crippen LogP) is 13.4. The lowest BCUT2D eigenvalue weighted by Crippen LogP contribution is -1.98. The van der Waals surface area contributed by atoms with E-state index in [4.69, 9.17) is 9.97 Å². The molecule has 0 bridgehead atoms. The predicted molar refractivity (Wildman–Crippen MR) is 219 cm³/mol. The molecule has 52 heavy (non-hydrogen) atoms. The van der Waals surface area contributed by atoms with Gasteiger partial charge in [-0.1, -0.05) is 182 Å². The van der Waals surface area contributed by atoms with Gasteiger partial charge in [-0.2, -0.15) is 0 Å². The van der Waals surface area contributed by atoms with Gasteiger partial charge in [0.1, 0.15) is 0 Å². The van der Waals surface area contributed by atoms with Gasteiger partial charge < -0.3 is 0 Å². The number of fused-ring (bicyclic) bond motifs is 5. The number of nitrogens with zero attached hydrogens (tertiary/aromatic N) is 2. The van der Waals surface area contributed by atoms with Crippen molar-refractivity contribution < 1.29 is 0 Å². The highest BCUT2D eigenvalue weighted by atomic mass is 14.9. The minimum absolute atomic E-state index is 0.699. The zero-order valence-electron chi connectivity index (χ0n) is 28.4. The van der Waals surface area contributed by atoms with E-state index in [9.17, 15) is 0 Å². The van der Waals surface area contributed by atoms with Crippen molar-refractivity contribution in [2.45, 2.75) is 0 Å². The van der Waals surface area contributed by atoms with Gasteiger partial charge in [0.05, 0.1) is 11.4 Å². The van der Waals surface area contributed by atoms with Crippen molar-refractivity contribution in [3.05, 3.63) is 194 Å². The van der Waals surface area contributed by atoms with Gasteiger partial charge in [0.15, 0.2) is 5.82 Å². The lowest BCUT2D eigenvalue weighted by molar-refractivity contribution is 1.18. The van der Waals surface area contributed by atoms with Crippen LogP contribution in [0.5, 0.6) is 0 Å². The van der Waals surface area contributed by atoms with Crippen LogP contribution in [0.15, 0.2) is 194 Å². The fraction of sp³-hybridized carbons (Fsp3) is 0. The first-order valence-corrected chi connectivity index (χ1v) is 17.8. The molecule has 9 aromatic carbocycles. The standard InChI is InChI=1S/C50H32N2/c1-2-17-35(18-3-1)50-51-47(42-25-11-10-24-41(42)40-28-14-20-33-15-4-7-21-37(33)40)32-48(52-50)43-26-12-13-27-44(43)49-39-23-9-6-19-36(39)31-46-38-22-8-5-16-34(38)29-30-45(46)49/h1-32H. The third kappa shape index (κ3) is 5.04. The first-order chi connectivity index (χ1) is 25.8. The molecule has 0 N–H and O–H groups in total. The van der Waals surface area contributed by atoms with Gasteiger partial charge in [0, 0.05) is 16.7 Å². The Morgan fingerprint density at radius 3 is 1.54 bits per heavy atom. The van der Waals surface area contributed by atoms with E-state index in [0.717, 1.165) is 39.2 Å². The van der Waals surface area contributed by atoms with Crippen LogP contribution in [-0.2, 0) is 0 Å². The summed E-state index contributed by atoms with van der Waals surface area (Å²) < 4.78 is 0. The van der Waals surface area contributed by atoms with Gasteiger partial charge >= 0.3 is 0 Å². The lowest BCUT2D eigenvalue weighted by Gasteiger charge is -2.18. The smallest absolute Gasteiger partial charge is 0.160 e. The maximum Gasteiger partial charge on any atom is 0.160 e. The van der Waals surface area contributed by atoms with Crippen molar-refractivity contribution in [2.24, 2.45) is 0 Å². The molecule has 242 valence electrons. The quantitative estimate of drug-likeness (QED) is 0.136. The second-order valence-electron chi connectivity index (χ2n) is 13.3. The average Bonchev–Trinajstić information content (AvgIpc) is 3.23. The van der Waals surface area contributed by atoms with Gasteiger partial charge in [-0.05, 0) is 77.5 Å². The Labute approximate surface area is 302 Å².